The van der Waals surface area contributed by atoms with Crippen molar-refractivity contribution in [3.63, 3.8) is 0 Å². The number of urea groups is 1. The zero-order chi connectivity index (χ0) is 22.0. The molecule has 1 aromatic rings. The van der Waals surface area contributed by atoms with Gasteiger partial charge in [0.2, 0.25) is 5.91 Å². The normalized spacial score (nSPS) is 29.6. The predicted octanol–water partition coefficient (Wildman–Crippen LogP) is 2.10. The van der Waals surface area contributed by atoms with Gasteiger partial charge in [-0.05, 0) is 49.5 Å². The van der Waals surface area contributed by atoms with Crippen molar-refractivity contribution < 1.29 is 9.59 Å². The molecule has 4 atom stereocenters. The highest BCUT2D eigenvalue weighted by atomic mass is 16.2. The third kappa shape index (κ3) is 4.54. The molecule has 1 saturated carbocycles. The van der Waals surface area contributed by atoms with E-state index in [1.807, 2.05) is 11.0 Å². The van der Waals surface area contributed by atoms with Gasteiger partial charge in [0.1, 0.15) is 6.04 Å². The number of hydrogen-bond acceptors (Lipinski definition) is 4. The molecule has 7 nitrogen and oxygen atoms in total. The highest BCUT2D eigenvalue weighted by Crippen LogP contribution is 2.45. The van der Waals surface area contributed by atoms with E-state index in [-0.39, 0.29) is 30.1 Å². The summed E-state index contributed by atoms with van der Waals surface area (Å²) in [6, 6.07) is 12.5. The minimum atomic E-state index is -0.284. The number of carbonyl (C=O) groups is 2. The summed E-state index contributed by atoms with van der Waals surface area (Å²) in [6.45, 7) is 2.52. The van der Waals surface area contributed by atoms with Crippen molar-refractivity contribution in [2.45, 2.75) is 43.7 Å². The lowest BCUT2D eigenvalue weighted by Crippen LogP contribution is -2.51. The zero-order valence-corrected chi connectivity index (χ0v) is 18.6. The minimum Gasteiger partial charge on any atom is -0.331 e. The van der Waals surface area contributed by atoms with Crippen molar-refractivity contribution in [3.8, 4) is 6.07 Å². The predicted molar refractivity (Wildman–Crippen MR) is 118 cm³/mol. The van der Waals surface area contributed by atoms with Crippen LogP contribution in [0.25, 0.3) is 0 Å². The zero-order valence-electron chi connectivity index (χ0n) is 18.6. The average molecular weight is 424 g/mol. The first-order valence-electron chi connectivity index (χ1n) is 11.3. The second-order valence-corrected chi connectivity index (χ2v) is 9.68. The molecule has 3 aliphatic rings. The van der Waals surface area contributed by atoms with Crippen LogP contribution in [0.15, 0.2) is 30.3 Å². The number of hydrogen-bond donors (Lipinski definition) is 1. The third-order valence-electron chi connectivity index (χ3n) is 7.26. The van der Waals surface area contributed by atoms with Crippen molar-refractivity contribution in [3.05, 3.63) is 35.9 Å². The molecule has 1 N–H and O–H groups in total. The molecule has 1 aromatic carbocycles. The van der Waals surface area contributed by atoms with Gasteiger partial charge in [0, 0.05) is 39.3 Å². The Kier molecular flexibility index (Phi) is 6.19. The molecule has 2 unspecified atom stereocenters. The van der Waals surface area contributed by atoms with Crippen LogP contribution >= 0.6 is 0 Å². The summed E-state index contributed by atoms with van der Waals surface area (Å²) < 4.78 is 0. The Bertz CT molecular complexity index is 835. The molecule has 0 aromatic heterocycles. The highest BCUT2D eigenvalue weighted by molar-refractivity contribution is 5.79. The number of nitrogens with zero attached hydrogens (tertiary/aromatic N) is 4. The Morgan fingerprint density at radius 2 is 1.87 bits per heavy atom. The van der Waals surface area contributed by atoms with Crippen molar-refractivity contribution in [2.24, 2.45) is 11.8 Å². The minimum absolute atomic E-state index is 0.0259. The Morgan fingerprint density at radius 3 is 2.48 bits per heavy atom. The molecule has 2 saturated heterocycles. The van der Waals surface area contributed by atoms with Gasteiger partial charge in [-0.25, -0.2) is 4.79 Å². The Balaban J connectivity index is 1.45. The summed E-state index contributed by atoms with van der Waals surface area (Å²) in [7, 11) is 3.60. The molecule has 31 heavy (non-hydrogen) atoms. The van der Waals surface area contributed by atoms with E-state index < -0.39 is 0 Å². The molecule has 4 rings (SSSR count). The number of nitriles is 1. The van der Waals surface area contributed by atoms with Gasteiger partial charge in [-0.3, -0.25) is 4.79 Å². The standard InChI is InChI=1S/C24H33N5O2/c1-27(2)23(31)28-16-19-12-24(13-20(19)17-28,11-18-7-4-3-5-8-18)26-15-22(30)29-10-6-9-21(29)14-25/h3-5,7-8,19-21,26H,6,9-13,15-17H2,1-2H3/t19-,20+,21?,24?. The summed E-state index contributed by atoms with van der Waals surface area (Å²) in [5, 5.41) is 13.0. The number of rotatable bonds is 5. The molecule has 0 bridgehead atoms. The number of amides is 3. The molecule has 7 heteroatoms. The summed E-state index contributed by atoms with van der Waals surface area (Å²) in [6.07, 6.45) is 4.46. The maximum Gasteiger partial charge on any atom is 0.319 e. The largest absolute Gasteiger partial charge is 0.331 e. The molecule has 0 spiro atoms. The van der Waals surface area contributed by atoms with E-state index >= 15 is 0 Å². The smallest absolute Gasteiger partial charge is 0.319 e. The van der Waals surface area contributed by atoms with Gasteiger partial charge in [0.15, 0.2) is 0 Å². The second-order valence-electron chi connectivity index (χ2n) is 9.68. The van der Waals surface area contributed by atoms with E-state index in [1.165, 1.54) is 5.56 Å². The first-order valence-corrected chi connectivity index (χ1v) is 11.3. The first kappa shape index (κ1) is 21.6. The molecule has 3 amide bonds. The second kappa shape index (κ2) is 8.88. The lowest BCUT2D eigenvalue weighted by Gasteiger charge is -2.34. The Morgan fingerprint density at radius 1 is 1.19 bits per heavy atom. The van der Waals surface area contributed by atoms with Gasteiger partial charge >= 0.3 is 6.03 Å². The first-order chi connectivity index (χ1) is 14.9. The van der Waals surface area contributed by atoms with Crippen molar-refractivity contribution in [1.29, 1.82) is 5.26 Å². The van der Waals surface area contributed by atoms with Gasteiger partial charge < -0.3 is 20.0 Å². The number of likely N-dealkylation sites (tertiary alicyclic amines) is 2. The van der Waals surface area contributed by atoms with Crippen LogP contribution in [0.5, 0.6) is 0 Å². The summed E-state index contributed by atoms with van der Waals surface area (Å²) >= 11 is 0. The van der Waals surface area contributed by atoms with Gasteiger partial charge in [0.05, 0.1) is 12.6 Å². The maximum absolute atomic E-state index is 12.9. The molecule has 1 aliphatic carbocycles. The van der Waals surface area contributed by atoms with Crippen LogP contribution in [0.4, 0.5) is 4.79 Å². The fourth-order valence-electron chi connectivity index (χ4n) is 5.83. The number of carbonyl (C=O) groups excluding carboxylic acids is 2. The van der Waals surface area contributed by atoms with Crippen LogP contribution in [0, 0.1) is 23.2 Å². The Hall–Kier alpha value is -2.59. The Labute approximate surface area is 185 Å². The summed E-state index contributed by atoms with van der Waals surface area (Å²) in [5.74, 6) is 0.931. The number of fused-ring (bicyclic) bond motifs is 1. The van der Waals surface area contributed by atoms with Crippen LogP contribution in [-0.2, 0) is 11.2 Å². The van der Waals surface area contributed by atoms with E-state index in [1.54, 1.807) is 23.9 Å². The number of benzene rings is 1. The van der Waals surface area contributed by atoms with Gasteiger partial charge in [-0.2, -0.15) is 5.26 Å². The molecule has 0 radical (unpaired) electrons. The molecular formula is C24H33N5O2. The van der Waals surface area contributed by atoms with Gasteiger partial charge in [-0.15, -0.1) is 0 Å². The van der Waals surface area contributed by atoms with E-state index in [0.717, 1.165) is 45.2 Å². The van der Waals surface area contributed by atoms with E-state index in [0.29, 0.717) is 18.4 Å². The monoisotopic (exact) mass is 423 g/mol. The SMILES string of the molecule is CN(C)C(=O)N1C[C@@H]2CC(Cc3ccccc3)(NCC(=O)N3CCCC3C#N)C[C@@H]2C1. The molecular weight excluding hydrogens is 390 g/mol. The fraction of sp³-hybridized carbons (Fsp3) is 0.625. The van der Waals surface area contributed by atoms with E-state index in [9.17, 15) is 14.9 Å². The van der Waals surface area contributed by atoms with Crippen LogP contribution < -0.4 is 5.32 Å². The van der Waals surface area contributed by atoms with Crippen molar-refractivity contribution in [1.82, 2.24) is 20.0 Å². The lowest BCUT2D eigenvalue weighted by molar-refractivity contribution is -0.130. The van der Waals surface area contributed by atoms with Gasteiger partial charge in [-0.1, -0.05) is 30.3 Å². The third-order valence-corrected chi connectivity index (χ3v) is 7.26. The van der Waals surface area contributed by atoms with E-state index in [4.69, 9.17) is 0 Å². The van der Waals surface area contributed by atoms with E-state index in [2.05, 4.69) is 35.7 Å². The molecule has 3 fully saturated rings. The topological polar surface area (TPSA) is 79.7 Å². The van der Waals surface area contributed by atoms with Crippen LogP contribution in [0.1, 0.15) is 31.2 Å². The van der Waals surface area contributed by atoms with Crippen LogP contribution in [0.2, 0.25) is 0 Å². The number of nitrogens with one attached hydrogen (secondary N) is 1. The van der Waals surface area contributed by atoms with Gasteiger partial charge in [0.25, 0.3) is 0 Å². The summed E-state index contributed by atoms with van der Waals surface area (Å²) in [4.78, 5) is 30.6. The fourth-order valence-corrected chi connectivity index (χ4v) is 5.83. The maximum atomic E-state index is 12.9. The summed E-state index contributed by atoms with van der Waals surface area (Å²) in [5.41, 5.74) is 1.11. The average Bonchev–Trinajstić information content (AvgIpc) is 3.46. The van der Waals surface area contributed by atoms with Crippen molar-refractivity contribution in [2.75, 3.05) is 40.3 Å². The highest BCUT2D eigenvalue weighted by Gasteiger charge is 2.50. The van der Waals surface area contributed by atoms with Crippen molar-refractivity contribution >= 4 is 11.9 Å². The van der Waals surface area contributed by atoms with Crippen LogP contribution in [0.3, 0.4) is 0 Å². The quantitative estimate of drug-likeness (QED) is 0.787. The van der Waals surface area contributed by atoms with Crippen LogP contribution in [-0.4, -0.2) is 78.5 Å². The molecule has 2 aliphatic heterocycles. The molecule has 2 heterocycles. The molecule has 166 valence electrons. The lowest BCUT2D eigenvalue weighted by atomic mass is 9.87.